The number of aromatic nitrogens is 2. The second-order valence-corrected chi connectivity index (χ2v) is 10.6. The fourth-order valence-electron chi connectivity index (χ4n) is 4.20. The van der Waals surface area contributed by atoms with Crippen LogP contribution < -0.4 is 10.6 Å². The van der Waals surface area contributed by atoms with Crippen molar-refractivity contribution in [1.29, 1.82) is 0 Å². The van der Waals surface area contributed by atoms with E-state index in [9.17, 15) is 22.0 Å². The Morgan fingerprint density at radius 3 is 2.47 bits per heavy atom. The maximum atomic E-state index is 12.4. The number of rotatable bonds is 8. The molecular formula is C20H31F2N5O4S. The number of nitrogens with one attached hydrogen (secondary N) is 2. The lowest BCUT2D eigenvalue weighted by Crippen LogP contribution is -2.42. The molecule has 2 heterocycles. The summed E-state index contributed by atoms with van der Waals surface area (Å²) in [4.78, 5) is 20.7. The monoisotopic (exact) mass is 475 g/mol. The largest absolute Gasteiger partial charge is 0.446 e. The minimum absolute atomic E-state index is 0.120. The zero-order valence-corrected chi connectivity index (χ0v) is 19.2. The number of alkyl carbamates (subject to hydrolysis) is 1. The molecule has 1 saturated heterocycles. The minimum Gasteiger partial charge on any atom is -0.446 e. The molecule has 1 aliphatic carbocycles. The van der Waals surface area contributed by atoms with Crippen molar-refractivity contribution in [2.45, 2.75) is 76.0 Å². The first-order valence-electron chi connectivity index (χ1n) is 10.9. The van der Waals surface area contributed by atoms with Gasteiger partial charge in [0, 0.05) is 44.0 Å². The molecular weight excluding hydrogens is 444 g/mol. The summed E-state index contributed by atoms with van der Waals surface area (Å²) >= 11 is 0. The molecule has 1 aromatic heterocycles. The van der Waals surface area contributed by atoms with Crippen molar-refractivity contribution in [3.8, 4) is 0 Å². The molecule has 1 saturated carbocycles. The molecule has 3 atom stereocenters. The molecule has 12 heteroatoms. The van der Waals surface area contributed by atoms with E-state index in [1.807, 2.05) is 0 Å². The Balaban J connectivity index is 1.43. The minimum atomic E-state index is -3.15. The lowest BCUT2D eigenvalue weighted by molar-refractivity contribution is 0.0895. The molecule has 2 N–H and O–H groups in total. The smallest absolute Gasteiger partial charge is 0.407 e. The molecule has 32 heavy (non-hydrogen) atoms. The van der Waals surface area contributed by atoms with Gasteiger partial charge in [0.2, 0.25) is 22.4 Å². The highest BCUT2D eigenvalue weighted by Crippen LogP contribution is 2.35. The average Bonchev–Trinajstić information content (AvgIpc) is 3.15. The van der Waals surface area contributed by atoms with Crippen molar-refractivity contribution < 1.29 is 26.7 Å². The fourth-order valence-corrected chi connectivity index (χ4v) is 5.07. The third-order valence-corrected chi connectivity index (χ3v) is 7.26. The van der Waals surface area contributed by atoms with Gasteiger partial charge in [-0.15, -0.1) is 0 Å². The predicted octanol–water partition coefficient (Wildman–Crippen LogP) is 2.72. The van der Waals surface area contributed by atoms with E-state index < -0.39 is 35.0 Å². The molecule has 2 aliphatic rings. The third-order valence-electron chi connectivity index (χ3n) is 5.95. The number of nitrogens with zero attached hydrogens (tertiary/aromatic N) is 3. The predicted molar refractivity (Wildman–Crippen MR) is 115 cm³/mol. The van der Waals surface area contributed by atoms with Crippen molar-refractivity contribution in [2.75, 3.05) is 24.7 Å². The van der Waals surface area contributed by atoms with E-state index in [-0.39, 0.29) is 18.1 Å². The molecule has 1 amide bonds. The maximum absolute atomic E-state index is 12.4. The lowest BCUT2D eigenvalue weighted by Gasteiger charge is -2.30. The Labute approximate surface area is 187 Å². The first-order valence-corrected chi connectivity index (χ1v) is 12.7. The van der Waals surface area contributed by atoms with E-state index in [0.717, 1.165) is 12.0 Å². The molecule has 180 valence electrons. The SMILES string of the molecule is C[C@@H](CC(F)F)NC(=O)O[C@@H]1CC[C@H](c2cnc(NC3CCN(S(C)(=O)=O)CC3)nc2)C1. The second-order valence-electron chi connectivity index (χ2n) is 8.63. The van der Waals surface area contributed by atoms with Crippen molar-refractivity contribution in [3.05, 3.63) is 18.0 Å². The Morgan fingerprint density at radius 1 is 1.22 bits per heavy atom. The molecule has 1 aliphatic heterocycles. The number of halogens is 2. The van der Waals surface area contributed by atoms with Crippen LogP contribution in [0.25, 0.3) is 0 Å². The average molecular weight is 476 g/mol. The van der Waals surface area contributed by atoms with Crippen molar-refractivity contribution >= 4 is 22.1 Å². The zero-order chi connectivity index (χ0) is 23.3. The van der Waals surface area contributed by atoms with Gasteiger partial charge in [-0.25, -0.2) is 36.3 Å². The first kappa shape index (κ1) is 24.6. The van der Waals surface area contributed by atoms with Crippen LogP contribution in [0.15, 0.2) is 12.4 Å². The maximum Gasteiger partial charge on any atom is 0.407 e. The van der Waals surface area contributed by atoms with Crippen LogP contribution in [-0.2, 0) is 14.8 Å². The molecule has 0 aromatic carbocycles. The van der Waals surface area contributed by atoms with Gasteiger partial charge in [-0.05, 0) is 50.5 Å². The Bertz CT molecular complexity index is 863. The number of hydrogen-bond donors (Lipinski definition) is 2. The van der Waals surface area contributed by atoms with Crippen LogP contribution in [0.2, 0.25) is 0 Å². The highest BCUT2D eigenvalue weighted by atomic mass is 32.2. The molecule has 0 bridgehead atoms. The quantitative estimate of drug-likeness (QED) is 0.594. The van der Waals surface area contributed by atoms with E-state index in [1.54, 1.807) is 12.4 Å². The number of carbonyl (C=O) groups excluding carboxylic acids is 1. The standard InChI is InChI=1S/C20H31F2N5O4S/c1-13(9-18(21)22)25-20(28)31-17-4-3-14(10-17)15-11-23-19(24-12-15)26-16-5-7-27(8-6-16)32(2,29)30/h11-14,16-18H,3-10H2,1-2H3,(H,25,28)(H,23,24,26)/t13-,14-,17+/m0/s1. The van der Waals surface area contributed by atoms with Crippen molar-refractivity contribution in [2.24, 2.45) is 0 Å². The number of piperidine rings is 1. The van der Waals surface area contributed by atoms with E-state index in [1.165, 1.54) is 17.5 Å². The molecule has 0 radical (unpaired) electrons. The van der Waals surface area contributed by atoms with Gasteiger partial charge in [0.1, 0.15) is 6.10 Å². The highest BCUT2D eigenvalue weighted by molar-refractivity contribution is 7.88. The summed E-state index contributed by atoms with van der Waals surface area (Å²) in [5.74, 6) is 0.670. The van der Waals surface area contributed by atoms with Crippen LogP contribution in [0.1, 0.15) is 56.9 Å². The van der Waals surface area contributed by atoms with Crippen LogP contribution in [0.5, 0.6) is 0 Å². The molecule has 0 unspecified atom stereocenters. The molecule has 9 nitrogen and oxygen atoms in total. The summed E-state index contributed by atoms with van der Waals surface area (Å²) in [6.45, 7) is 2.48. The number of ether oxygens (including phenoxy) is 1. The number of sulfonamides is 1. The van der Waals surface area contributed by atoms with Gasteiger partial charge in [0.25, 0.3) is 0 Å². The van der Waals surface area contributed by atoms with Gasteiger partial charge >= 0.3 is 6.09 Å². The second kappa shape index (κ2) is 10.7. The Morgan fingerprint density at radius 2 is 1.88 bits per heavy atom. The number of alkyl halides is 2. The third kappa shape index (κ3) is 7.22. The summed E-state index contributed by atoms with van der Waals surface area (Å²) in [5.41, 5.74) is 0.958. The molecule has 3 rings (SSSR count). The highest BCUT2D eigenvalue weighted by Gasteiger charge is 2.30. The summed E-state index contributed by atoms with van der Waals surface area (Å²) < 4.78 is 54.8. The zero-order valence-electron chi connectivity index (χ0n) is 18.3. The van der Waals surface area contributed by atoms with Gasteiger partial charge in [0.15, 0.2) is 0 Å². The lowest BCUT2D eigenvalue weighted by atomic mass is 10.0. The number of hydrogen-bond acceptors (Lipinski definition) is 7. The first-order chi connectivity index (χ1) is 15.1. The van der Waals surface area contributed by atoms with E-state index in [4.69, 9.17) is 4.74 Å². The van der Waals surface area contributed by atoms with Crippen LogP contribution in [0, 0.1) is 0 Å². The van der Waals surface area contributed by atoms with Crippen molar-refractivity contribution in [1.82, 2.24) is 19.6 Å². The fraction of sp³-hybridized carbons (Fsp3) is 0.750. The Hall–Kier alpha value is -2.08. The summed E-state index contributed by atoms with van der Waals surface area (Å²) in [5, 5.41) is 5.70. The van der Waals surface area contributed by atoms with Gasteiger partial charge in [-0.2, -0.15) is 0 Å². The number of amides is 1. The van der Waals surface area contributed by atoms with E-state index in [2.05, 4.69) is 20.6 Å². The van der Waals surface area contributed by atoms with Gasteiger partial charge < -0.3 is 15.4 Å². The summed E-state index contributed by atoms with van der Waals surface area (Å²) in [7, 11) is -3.15. The van der Waals surface area contributed by atoms with Crippen LogP contribution in [-0.4, -0.2) is 72.7 Å². The molecule has 2 fully saturated rings. The van der Waals surface area contributed by atoms with Gasteiger partial charge in [-0.3, -0.25) is 0 Å². The number of carbonyl (C=O) groups is 1. The van der Waals surface area contributed by atoms with Crippen LogP contribution in [0.3, 0.4) is 0 Å². The van der Waals surface area contributed by atoms with E-state index >= 15 is 0 Å². The van der Waals surface area contributed by atoms with Crippen LogP contribution in [0.4, 0.5) is 19.5 Å². The van der Waals surface area contributed by atoms with Gasteiger partial charge in [-0.1, -0.05) is 0 Å². The number of anilines is 1. The van der Waals surface area contributed by atoms with Crippen molar-refractivity contribution in [3.63, 3.8) is 0 Å². The summed E-state index contributed by atoms with van der Waals surface area (Å²) in [6.07, 6.45) is 4.48. The van der Waals surface area contributed by atoms with E-state index in [0.29, 0.717) is 44.7 Å². The molecule has 0 spiro atoms. The topological polar surface area (TPSA) is 114 Å². The normalized spacial score (nSPS) is 23.8. The van der Waals surface area contributed by atoms with Crippen LogP contribution >= 0.6 is 0 Å². The molecule has 1 aromatic rings. The summed E-state index contributed by atoms with van der Waals surface area (Å²) in [6, 6.07) is -0.527. The Kier molecular flexibility index (Phi) is 8.21. The van der Waals surface area contributed by atoms with Gasteiger partial charge in [0.05, 0.1) is 6.26 Å².